The van der Waals surface area contributed by atoms with Gasteiger partial charge in [-0.15, -0.1) is 6.42 Å². The van der Waals surface area contributed by atoms with Crippen molar-refractivity contribution in [1.82, 2.24) is 14.6 Å². The minimum atomic E-state index is -3.48. The van der Waals surface area contributed by atoms with E-state index in [1.54, 1.807) is 13.8 Å². The molecule has 5 atom stereocenters. The zero-order chi connectivity index (χ0) is 28.6. The molecule has 1 saturated heterocycles. The van der Waals surface area contributed by atoms with Crippen molar-refractivity contribution in [3.05, 3.63) is 68.5 Å². The summed E-state index contributed by atoms with van der Waals surface area (Å²) in [5.74, 6) is 0.837. The highest BCUT2D eigenvalue weighted by molar-refractivity contribution is 8.09. The maximum Gasteiger partial charge on any atom is 0.330 e. The van der Waals surface area contributed by atoms with Crippen molar-refractivity contribution in [2.24, 2.45) is 5.92 Å². The number of esters is 1. The Labute approximate surface area is 230 Å². The molecule has 2 heterocycles. The normalized spacial score (nSPS) is 22.7. The first-order valence-corrected chi connectivity index (χ1v) is 14.5. The van der Waals surface area contributed by atoms with Crippen LogP contribution in [0.25, 0.3) is 0 Å². The zero-order valence-electron chi connectivity index (χ0n) is 21.3. The molecular weight excluding hydrogens is 560 g/mol. The molecule has 1 aromatic heterocycles. The third-order valence-electron chi connectivity index (χ3n) is 5.02. The summed E-state index contributed by atoms with van der Waals surface area (Å²) in [6.07, 6.45) is 7.56. The minimum absolute atomic E-state index is 0.110. The van der Waals surface area contributed by atoms with Gasteiger partial charge in [0.1, 0.15) is 17.6 Å². The molecule has 14 heteroatoms. The Balaban J connectivity index is 2.25. The Hall–Kier alpha value is -2.52. The number of aromatic amines is 1. The molecule has 2 N–H and O–H groups in total. The quantitative estimate of drug-likeness (QED) is 0.123. The highest BCUT2D eigenvalue weighted by Crippen LogP contribution is 2.48. The van der Waals surface area contributed by atoms with E-state index in [2.05, 4.69) is 22.6 Å². The first kappa shape index (κ1) is 31.7. The number of nitrogens with zero attached hydrogens (tertiary/aromatic N) is 1. The van der Waals surface area contributed by atoms with E-state index in [1.807, 2.05) is 0 Å². The summed E-state index contributed by atoms with van der Waals surface area (Å²) >= 11 is 11.5. The molecule has 2 rings (SSSR count). The number of hydrogen-bond acceptors (Lipinski definition) is 8. The number of carbonyl (C=O) groups excluding carboxylic acids is 1. The van der Waals surface area contributed by atoms with Crippen molar-refractivity contribution >= 4 is 36.0 Å². The molecule has 0 saturated carbocycles. The number of halogens is 2. The number of ether oxygens (including phenoxy) is 2. The van der Waals surface area contributed by atoms with Crippen LogP contribution in [-0.4, -0.2) is 40.4 Å². The molecule has 1 aliphatic rings. The van der Waals surface area contributed by atoms with E-state index in [9.17, 15) is 18.8 Å². The van der Waals surface area contributed by atoms with Gasteiger partial charge in [0.05, 0.1) is 29.8 Å². The van der Waals surface area contributed by atoms with Crippen LogP contribution >= 0.6 is 18.2 Å². The molecule has 1 aliphatic heterocycles. The monoisotopic (exact) mass is 589 g/mol. The zero-order valence-corrected chi connectivity index (χ0v) is 23.8. The smallest absolute Gasteiger partial charge is 0.330 e. The molecule has 0 bridgehead atoms. The summed E-state index contributed by atoms with van der Waals surface area (Å²) in [5.41, 5.74) is -1.23. The molecule has 0 amide bonds. The van der Waals surface area contributed by atoms with Crippen LogP contribution in [0.3, 0.4) is 0 Å². The number of rotatable bonds is 12. The predicted octanol–water partition coefficient (Wildman–Crippen LogP) is 3.77. The lowest BCUT2D eigenvalue weighted by Crippen LogP contribution is -2.36. The Morgan fingerprint density at radius 1 is 1.50 bits per heavy atom. The van der Waals surface area contributed by atoms with Gasteiger partial charge in [-0.25, -0.2) is 14.3 Å². The van der Waals surface area contributed by atoms with Gasteiger partial charge in [-0.1, -0.05) is 24.1 Å². The molecule has 0 spiro atoms. The van der Waals surface area contributed by atoms with Crippen molar-refractivity contribution in [3.8, 4) is 12.3 Å². The summed E-state index contributed by atoms with van der Waals surface area (Å²) in [4.78, 5) is 38.2. The molecule has 1 aromatic rings. The fourth-order valence-corrected chi connectivity index (χ4v) is 6.14. The van der Waals surface area contributed by atoms with Gasteiger partial charge in [0, 0.05) is 12.3 Å². The van der Waals surface area contributed by atoms with Crippen molar-refractivity contribution in [2.75, 3.05) is 6.61 Å². The van der Waals surface area contributed by atoms with E-state index in [1.165, 1.54) is 36.8 Å². The van der Waals surface area contributed by atoms with Gasteiger partial charge in [-0.05, 0) is 58.1 Å². The molecule has 5 unspecified atom stereocenters. The maximum atomic E-state index is 13.7. The molecule has 38 heavy (non-hydrogen) atoms. The van der Waals surface area contributed by atoms with E-state index in [0.29, 0.717) is 6.42 Å². The van der Waals surface area contributed by atoms with Crippen molar-refractivity contribution in [2.45, 2.75) is 58.6 Å². The first-order chi connectivity index (χ1) is 17.8. The van der Waals surface area contributed by atoms with Gasteiger partial charge in [0.25, 0.3) is 5.56 Å². The number of nitrogens with one attached hydrogen (secondary N) is 2. The largest absolute Gasteiger partial charge is 0.462 e. The standard InChI is InChI=1S/C24H30ClFN3O7PS/c1-7-17-12-18(35-22(17)29-10-9-21(30)27-24(29)32)13-33-37(38,28-16(6)23(31)34-14(3)4)36-15(5)11-19(25)20(26)8-2/h1,8-11,14,16-18,22H,2,12-13H2,3-6H3,(H,28,38)(H,27,30,32). The van der Waals surface area contributed by atoms with Gasteiger partial charge in [0.2, 0.25) is 0 Å². The summed E-state index contributed by atoms with van der Waals surface area (Å²) in [6.45, 7) is 6.13. The number of H-pyrrole nitrogens is 1. The van der Waals surface area contributed by atoms with Gasteiger partial charge in [0.15, 0.2) is 6.23 Å². The summed E-state index contributed by atoms with van der Waals surface area (Å²) in [5, 5.41) is 2.59. The third kappa shape index (κ3) is 9.05. The van der Waals surface area contributed by atoms with Gasteiger partial charge in [-0.2, -0.15) is 0 Å². The fraction of sp³-hybridized carbons (Fsp3) is 0.458. The van der Waals surface area contributed by atoms with Gasteiger partial charge >= 0.3 is 18.3 Å². The average molecular weight is 590 g/mol. The van der Waals surface area contributed by atoms with Gasteiger partial charge in [-0.3, -0.25) is 19.1 Å². The van der Waals surface area contributed by atoms with Crippen LogP contribution in [0, 0.1) is 18.3 Å². The Morgan fingerprint density at radius 3 is 2.76 bits per heavy atom. The number of carbonyl (C=O) groups is 1. The molecule has 1 fully saturated rings. The number of aromatic nitrogens is 2. The van der Waals surface area contributed by atoms with Crippen molar-refractivity contribution < 1.29 is 27.7 Å². The van der Waals surface area contributed by atoms with Gasteiger partial charge < -0.3 is 18.5 Å². The van der Waals surface area contributed by atoms with Crippen LogP contribution in [0.5, 0.6) is 0 Å². The Bertz CT molecular complexity index is 1300. The van der Waals surface area contributed by atoms with Crippen molar-refractivity contribution in [1.29, 1.82) is 0 Å². The molecular formula is C24H30ClFN3O7PS. The molecule has 10 nitrogen and oxygen atoms in total. The number of allylic oxidation sites excluding steroid dienone is 5. The lowest BCUT2D eigenvalue weighted by molar-refractivity contribution is -0.149. The lowest BCUT2D eigenvalue weighted by atomic mass is 10.0. The van der Waals surface area contributed by atoms with E-state index in [0.717, 1.165) is 6.08 Å². The summed E-state index contributed by atoms with van der Waals surface area (Å²) in [7, 11) is 0. The topological polar surface area (TPSA) is 121 Å². The van der Waals surface area contributed by atoms with Crippen LogP contribution in [-0.2, 0) is 35.1 Å². The van der Waals surface area contributed by atoms with E-state index < -0.39 is 54.0 Å². The first-order valence-electron chi connectivity index (χ1n) is 11.5. The van der Waals surface area contributed by atoms with Crippen molar-refractivity contribution in [3.63, 3.8) is 0 Å². The van der Waals surface area contributed by atoms with Crippen LogP contribution < -0.4 is 16.3 Å². The van der Waals surface area contributed by atoms with Crippen LogP contribution in [0.2, 0.25) is 0 Å². The molecule has 0 aromatic carbocycles. The Morgan fingerprint density at radius 2 is 2.18 bits per heavy atom. The van der Waals surface area contributed by atoms with Crippen LogP contribution in [0.15, 0.2) is 57.2 Å². The Kier molecular flexibility index (Phi) is 11.7. The lowest BCUT2D eigenvalue weighted by Gasteiger charge is -2.28. The summed E-state index contributed by atoms with van der Waals surface area (Å²) < 4.78 is 37.9. The number of terminal acetylenes is 1. The SMILES string of the molecule is C#CC1CC(COP(=S)(NC(C)C(=O)OC(C)C)OC(C)=CC(Cl)=C(F)C=C)OC1n1ccc(=O)[nH]c1=O. The fourth-order valence-electron chi connectivity index (χ4n) is 3.35. The maximum absolute atomic E-state index is 13.7. The second kappa shape index (κ2) is 14.0. The molecule has 208 valence electrons. The van der Waals surface area contributed by atoms with E-state index in [-0.39, 0.29) is 23.5 Å². The predicted molar refractivity (Wildman–Crippen MR) is 145 cm³/mol. The number of hydrogen-bond donors (Lipinski definition) is 2. The van der Waals surface area contributed by atoms with Crippen LogP contribution in [0.1, 0.15) is 40.3 Å². The second-order valence-corrected chi connectivity index (χ2v) is 12.1. The summed E-state index contributed by atoms with van der Waals surface area (Å²) in [6, 6.07) is 0.267. The van der Waals surface area contributed by atoms with E-state index in [4.69, 9.17) is 48.4 Å². The molecule has 0 aliphatic carbocycles. The minimum Gasteiger partial charge on any atom is -0.462 e. The highest BCUT2D eigenvalue weighted by Gasteiger charge is 2.38. The highest BCUT2D eigenvalue weighted by atomic mass is 35.5. The van der Waals surface area contributed by atoms with Crippen LogP contribution in [0.4, 0.5) is 4.39 Å². The molecule has 0 radical (unpaired) electrons. The average Bonchev–Trinajstić information content (AvgIpc) is 3.24. The third-order valence-corrected chi connectivity index (χ3v) is 7.89. The van der Waals surface area contributed by atoms with E-state index >= 15 is 0 Å². The second-order valence-electron chi connectivity index (χ2n) is 8.55.